The fraction of sp³-hybridized carbons (Fsp3) is 0.304. The lowest BCUT2D eigenvalue weighted by Gasteiger charge is -2.37. The third-order valence-electron chi connectivity index (χ3n) is 6.07. The first-order valence-corrected chi connectivity index (χ1v) is 11.3. The van der Waals surface area contributed by atoms with Crippen LogP contribution < -0.4 is 15.8 Å². The Kier molecular flexibility index (Phi) is 6.06. The number of hydrogen-bond donors (Lipinski definition) is 3. The summed E-state index contributed by atoms with van der Waals surface area (Å²) in [6.45, 7) is 0. The summed E-state index contributed by atoms with van der Waals surface area (Å²) in [7, 11) is 0. The normalized spacial score (nSPS) is 20.2. The molecule has 4 aromatic rings. The highest BCUT2D eigenvalue weighted by atomic mass is 35.5. The van der Waals surface area contributed by atoms with Crippen LogP contribution in [0, 0.1) is 5.82 Å². The van der Waals surface area contributed by atoms with Gasteiger partial charge in [-0.3, -0.25) is 5.10 Å². The van der Waals surface area contributed by atoms with E-state index in [1.165, 1.54) is 6.07 Å². The summed E-state index contributed by atoms with van der Waals surface area (Å²) >= 11 is 5.88. The molecule has 3 heterocycles. The molecule has 0 aliphatic heterocycles. The molecule has 5 rings (SSSR count). The number of H-pyrrole nitrogens is 2. The summed E-state index contributed by atoms with van der Waals surface area (Å²) in [4.78, 5) is 16.4. The Morgan fingerprint density at radius 1 is 1.15 bits per heavy atom. The molecule has 0 amide bonds. The Balaban J connectivity index is 1.35. The van der Waals surface area contributed by atoms with E-state index in [1.807, 2.05) is 18.2 Å². The molecule has 1 aromatic carbocycles. The van der Waals surface area contributed by atoms with Crippen molar-refractivity contribution in [1.29, 1.82) is 0 Å². The molecule has 1 fully saturated rings. The predicted octanol–water partition coefficient (Wildman–Crippen LogP) is 4.52. The van der Waals surface area contributed by atoms with Crippen molar-refractivity contribution in [3.05, 3.63) is 81.6 Å². The van der Waals surface area contributed by atoms with Crippen molar-refractivity contribution in [2.75, 3.05) is 5.32 Å². The molecule has 0 atom stereocenters. The topological polar surface area (TPSA) is 122 Å². The van der Waals surface area contributed by atoms with Crippen LogP contribution in [0.2, 0.25) is 5.02 Å². The zero-order valence-corrected chi connectivity index (χ0v) is 18.8. The largest absolute Gasteiger partial charge is 0.487 e. The number of pyridine rings is 1. The van der Waals surface area contributed by atoms with E-state index in [9.17, 15) is 9.18 Å². The van der Waals surface area contributed by atoms with Gasteiger partial charge in [0.2, 0.25) is 5.89 Å². The first-order valence-electron chi connectivity index (χ1n) is 10.9. The van der Waals surface area contributed by atoms with Crippen LogP contribution in [0.3, 0.4) is 0 Å². The molecule has 176 valence electrons. The third-order valence-corrected chi connectivity index (χ3v) is 6.37. The van der Waals surface area contributed by atoms with Crippen molar-refractivity contribution in [3.63, 3.8) is 0 Å². The fourth-order valence-electron chi connectivity index (χ4n) is 4.39. The molecule has 34 heavy (non-hydrogen) atoms. The Hall–Kier alpha value is -3.66. The van der Waals surface area contributed by atoms with E-state index < -0.39 is 17.0 Å². The Bertz CT molecular complexity index is 1310. The maximum Gasteiger partial charge on any atom is 0.434 e. The second-order valence-corrected chi connectivity index (χ2v) is 8.75. The lowest BCUT2D eigenvalue weighted by atomic mass is 9.70. The second-order valence-electron chi connectivity index (χ2n) is 8.34. The molecular formula is C23H22ClFN6O3. The summed E-state index contributed by atoms with van der Waals surface area (Å²) in [6, 6.07) is 12.2. The molecular weight excluding hydrogens is 463 g/mol. The number of nitrogens with zero attached hydrogens (tertiary/aromatic N) is 3. The number of nitrogens with one attached hydrogen (secondary N) is 3. The van der Waals surface area contributed by atoms with E-state index in [1.54, 1.807) is 24.4 Å². The molecule has 1 saturated carbocycles. The monoisotopic (exact) mass is 484 g/mol. The maximum atomic E-state index is 14.3. The van der Waals surface area contributed by atoms with Gasteiger partial charge in [0, 0.05) is 24.4 Å². The smallest absolute Gasteiger partial charge is 0.434 e. The summed E-state index contributed by atoms with van der Waals surface area (Å²) < 4.78 is 25.6. The summed E-state index contributed by atoms with van der Waals surface area (Å²) in [6.07, 6.45) is 4.50. The van der Waals surface area contributed by atoms with Crippen molar-refractivity contribution in [2.45, 2.75) is 43.6 Å². The fourth-order valence-corrected chi connectivity index (χ4v) is 4.56. The predicted molar refractivity (Wildman–Crippen MR) is 123 cm³/mol. The van der Waals surface area contributed by atoms with E-state index in [0.29, 0.717) is 49.6 Å². The van der Waals surface area contributed by atoms with E-state index in [-0.39, 0.29) is 16.9 Å². The van der Waals surface area contributed by atoms with Crippen LogP contribution in [0.5, 0.6) is 5.75 Å². The van der Waals surface area contributed by atoms with E-state index in [0.717, 1.165) is 5.69 Å². The minimum atomic E-state index is -0.601. The van der Waals surface area contributed by atoms with Gasteiger partial charge < -0.3 is 14.5 Å². The van der Waals surface area contributed by atoms with Gasteiger partial charge >= 0.3 is 5.76 Å². The molecule has 0 bridgehead atoms. The first-order chi connectivity index (χ1) is 16.5. The Morgan fingerprint density at radius 3 is 2.71 bits per heavy atom. The number of aromatic amines is 2. The molecule has 0 radical (unpaired) electrons. The van der Waals surface area contributed by atoms with Gasteiger partial charge in [-0.2, -0.15) is 5.10 Å². The molecule has 0 unspecified atom stereocenters. The molecule has 1 aliphatic rings. The van der Waals surface area contributed by atoms with Gasteiger partial charge in [0.15, 0.2) is 17.4 Å². The van der Waals surface area contributed by atoms with Gasteiger partial charge in [0.25, 0.3) is 0 Å². The van der Waals surface area contributed by atoms with Crippen molar-refractivity contribution in [3.8, 4) is 5.75 Å². The molecule has 0 spiro atoms. The number of halogens is 2. The minimum Gasteiger partial charge on any atom is -0.487 e. The number of benzene rings is 1. The Morgan fingerprint density at radius 2 is 1.97 bits per heavy atom. The first kappa shape index (κ1) is 22.1. The standard InChI is InChI=1S/C23H22ClFN6O3/c24-16-4-2-5-17(20(16)25)33-15-7-10-23(11-8-15,21-30-31-22(32)34-21)13-14-3-1-6-18(27-14)28-19-9-12-26-29-19/h1-6,9,12,15H,7-8,10-11,13H2,(H,31,32)(H2,26,27,28,29). The number of rotatable bonds is 7. The average Bonchev–Trinajstić information content (AvgIpc) is 3.51. The lowest BCUT2D eigenvalue weighted by molar-refractivity contribution is 0.0989. The van der Waals surface area contributed by atoms with E-state index >= 15 is 0 Å². The zero-order chi connectivity index (χ0) is 23.5. The zero-order valence-electron chi connectivity index (χ0n) is 18.1. The number of aromatic nitrogens is 5. The summed E-state index contributed by atoms with van der Waals surface area (Å²) in [5.41, 5.74) is 0.260. The highest BCUT2D eigenvalue weighted by Crippen LogP contribution is 2.42. The highest BCUT2D eigenvalue weighted by Gasteiger charge is 2.42. The highest BCUT2D eigenvalue weighted by molar-refractivity contribution is 6.30. The molecule has 0 saturated heterocycles. The number of hydrogen-bond acceptors (Lipinski definition) is 7. The van der Waals surface area contributed by atoms with Crippen molar-refractivity contribution >= 4 is 23.2 Å². The van der Waals surface area contributed by atoms with Gasteiger partial charge in [-0.25, -0.2) is 19.3 Å². The van der Waals surface area contributed by atoms with Gasteiger partial charge in [-0.15, -0.1) is 5.10 Å². The summed E-state index contributed by atoms with van der Waals surface area (Å²) in [5.74, 6) is 0.619. The maximum absolute atomic E-state index is 14.3. The number of ether oxygens (including phenoxy) is 1. The molecule has 3 N–H and O–H groups in total. The molecule has 1 aliphatic carbocycles. The van der Waals surface area contributed by atoms with Crippen molar-refractivity contribution < 1.29 is 13.5 Å². The van der Waals surface area contributed by atoms with Crippen LogP contribution in [0.15, 0.2) is 57.9 Å². The third kappa shape index (κ3) is 4.67. The molecule has 9 nitrogen and oxygen atoms in total. The average molecular weight is 485 g/mol. The van der Waals surface area contributed by atoms with Gasteiger partial charge in [0.05, 0.1) is 16.5 Å². The quantitative estimate of drug-likeness (QED) is 0.352. The molecule has 11 heteroatoms. The van der Waals surface area contributed by atoms with Crippen LogP contribution in [0.1, 0.15) is 37.3 Å². The van der Waals surface area contributed by atoms with Gasteiger partial charge in [-0.1, -0.05) is 23.7 Å². The minimum absolute atomic E-state index is 0.0235. The van der Waals surface area contributed by atoms with Crippen LogP contribution >= 0.6 is 11.6 Å². The number of anilines is 2. The van der Waals surface area contributed by atoms with Gasteiger partial charge in [0.1, 0.15) is 5.82 Å². The van der Waals surface area contributed by atoms with Crippen LogP contribution in [0.25, 0.3) is 0 Å². The second kappa shape index (κ2) is 9.30. The molecule has 3 aromatic heterocycles. The van der Waals surface area contributed by atoms with Crippen LogP contribution in [-0.4, -0.2) is 31.5 Å². The Labute approximate surface area is 198 Å². The van der Waals surface area contributed by atoms with Gasteiger partial charge in [-0.05, 0) is 49.9 Å². The van der Waals surface area contributed by atoms with Crippen LogP contribution in [0.4, 0.5) is 16.0 Å². The van der Waals surface area contributed by atoms with Crippen molar-refractivity contribution in [1.82, 2.24) is 25.4 Å². The summed E-state index contributed by atoms with van der Waals surface area (Å²) in [5, 5.41) is 16.5. The van der Waals surface area contributed by atoms with Crippen LogP contribution in [-0.2, 0) is 11.8 Å². The SMILES string of the molecule is O=c1[nH]nc(C2(Cc3cccc(Nc4cc[nH]n4)n3)CCC(Oc3cccc(Cl)c3F)CC2)o1. The lowest BCUT2D eigenvalue weighted by Crippen LogP contribution is -2.38. The van der Waals surface area contributed by atoms with Crippen molar-refractivity contribution in [2.24, 2.45) is 0 Å². The van der Waals surface area contributed by atoms with E-state index in [4.69, 9.17) is 25.7 Å². The van der Waals surface area contributed by atoms with E-state index in [2.05, 4.69) is 25.7 Å².